The molecule has 1 aromatic carbocycles. The standard InChI is InChI=1S/C14H20N2O2S/c15-8-5-11-1-3-12(4-2-11)14(17)16-13-6-9-19(18)10-7-13/h1-4,13H,5-10,15H2,(H,16,17). The van der Waals surface area contributed by atoms with Crippen LogP contribution in [-0.4, -0.2) is 34.2 Å². The van der Waals surface area contributed by atoms with Crippen LogP contribution in [0.15, 0.2) is 24.3 Å². The lowest BCUT2D eigenvalue weighted by Crippen LogP contribution is -2.39. The maximum Gasteiger partial charge on any atom is 0.251 e. The van der Waals surface area contributed by atoms with Crippen LogP contribution >= 0.6 is 0 Å². The second-order valence-corrected chi connectivity index (χ2v) is 6.53. The predicted molar refractivity (Wildman–Crippen MR) is 77.6 cm³/mol. The highest BCUT2D eigenvalue weighted by molar-refractivity contribution is 7.85. The van der Waals surface area contributed by atoms with Gasteiger partial charge < -0.3 is 11.1 Å². The number of amides is 1. The zero-order chi connectivity index (χ0) is 13.7. The molecule has 0 atom stereocenters. The maximum atomic E-state index is 12.1. The van der Waals surface area contributed by atoms with Gasteiger partial charge in [0.05, 0.1) is 0 Å². The lowest BCUT2D eigenvalue weighted by atomic mass is 10.1. The molecule has 1 heterocycles. The summed E-state index contributed by atoms with van der Waals surface area (Å²) in [7, 11) is -0.689. The molecule has 1 aliphatic rings. The molecule has 3 N–H and O–H groups in total. The molecule has 0 bridgehead atoms. The Labute approximate surface area is 116 Å². The van der Waals surface area contributed by atoms with Gasteiger partial charge in [0.1, 0.15) is 0 Å². The van der Waals surface area contributed by atoms with E-state index in [4.69, 9.17) is 5.73 Å². The lowest BCUT2D eigenvalue weighted by molar-refractivity contribution is 0.0934. The van der Waals surface area contributed by atoms with E-state index < -0.39 is 10.8 Å². The van der Waals surface area contributed by atoms with Crippen molar-refractivity contribution in [3.63, 3.8) is 0 Å². The van der Waals surface area contributed by atoms with E-state index >= 15 is 0 Å². The van der Waals surface area contributed by atoms with Crippen molar-refractivity contribution < 1.29 is 9.00 Å². The molecule has 0 unspecified atom stereocenters. The fourth-order valence-electron chi connectivity index (χ4n) is 2.20. The Kier molecular flexibility index (Phi) is 5.10. The Bertz CT molecular complexity index is 449. The highest BCUT2D eigenvalue weighted by Crippen LogP contribution is 2.11. The van der Waals surface area contributed by atoms with Crippen molar-refractivity contribution in [3.8, 4) is 0 Å². The molecule has 1 amide bonds. The molecule has 4 nitrogen and oxygen atoms in total. The third-order valence-electron chi connectivity index (χ3n) is 3.37. The second-order valence-electron chi connectivity index (χ2n) is 4.83. The second kappa shape index (κ2) is 6.82. The first-order valence-electron chi connectivity index (χ1n) is 6.64. The molecule has 0 saturated carbocycles. The van der Waals surface area contributed by atoms with Crippen LogP contribution in [0.3, 0.4) is 0 Å². The van der Waals surface area contributed by atoms with Gasteiger partial charge in [-0.3, -0.25) is 9.00 Å². The zero-order valence-corrected chi connectivity index (χ0v) is 11.7. The average Bonchev–Trinajstić information content (AvgIpc) is 2.42. The number of hydrogen-bond acceptors (Lipinski definition) is 3. The minimum Gasteiger partial charge on any atom is -0.349 e. The van der Waals surface area contributed by atoms with Crippen molar-refractivity contribution in [2.45, 2.75) is 25.3 Å². The summed E-state index contributed by atoms with van der Waals surface area (Å²) >= 11 is 0. The number of nitrogens with one attached hydrogen (secondary N) is 1. The van der Waals surface area contributed by atoms with E-state index in [1.807, 2.05) is 24.3 Å². The molecular weight excluding hydrogens is 260 g/mol. The van der Waals surface area contributed by atoms with Gasteiger partial charge in [-0.2, -0.15) is 0 Å². The van der Waals surface area contributed by atoms with E-state index in [2.05, 4.69) is 5.32 Å². The Balaban J connectivity index is 1.90. The summed E-state index contributed by atoms with van der Waals surface area (Å²) < 4.78 is 11.3. The van der Waals surface area contributed by atoms with Crippen LogP contribution in [0.1, 0.15) is 28.8 Å². The molecule has 1 fully saturated rings. The summed E-state index contributed by atoms with van der Waals surface area (Å²) in [6.07, 6.45) is 2.45. The van der Waals surface area contributed by atoms with Gasteiger partial charge in [0.2, 0.25) is 0 Å². The number of nitrogens with two attached hydrogens (primary N) is 1. The molecule has 1 saturated heterocycles. The van der Waals surface area contributed by atoms with E-state index in [0.717, 1.165) is 24.8 Å². The van der Waals surface area contributed by atoms with Gasteiger partial charge in [0.15, 0.2) is 0 Å². The topological polar surface area (TPSA) is 72.2 Å². The van der Waals surface area contributed by atoms with Crippen molar-refractivity contribution in [1.29, 1.82) is 0 Å². The molecule has 0 aliphatic carbocycles. The largest absolute Gasteiger partial charge is 0.349 e. The lowest BCUT2D eigenvalue weighted by Gasteiger charge is -2.22. The van der Waals surface area contributed by atoms with Crippen molar-refractivity contribution >= 4 is 16.7 Å². The summed E-state index contributed by atoms with van der Waals surface area (Å²) in [6.45, 7) is 0.616. The number of benzene rings is 1. The summed E-state index contributed by atoms with van der Waals surface area (Å²) in [6, 6.07) is 7.71. The fraction of sp³-hybridized carbons (Fsp3) is 0.500. The van der Waals surface area contributed by atoms with Gasteiger partial charge in [-0.15, -0.1) is 0 Å². The van der Waals surface area contributed by atoms with Crippen LogP contribution in [0, 0.1) is 0 Å². The van der Waals surface area contributed by atoms with Crippen molar-refractivity contribution in [2.75, 3.05) is 18.1 Å². The van der Waals surface area contributed by atoms with Crippen molar-refractivity contribution in [3.05, 3.63) is 35.4 Å². The first-order valence-corrected chi connectivity index (χ1v) is 8.12. The molecule has 104 valence electrons. The molecule has 0 radical (unpaired) electrons. The molecular formula is C14H20N2O2S. The van der Waals surface area contributed by atoms with Gasteiger partial charge in [0, 0.05) is 33.9 Å². The minimum absolute atomic E-state index is 0.0445. The summed E-state index contributed by atoms with van der Waals surface area (Å²) in [4.78, 5) is 12.1. The van der Waals surface area contributed by atoms with Gasteiger partial charge in [-0.25, -0.2) is 0 Å². The number of hydrogen-bond donors (Lipinski definition) is 2. The number of carbonyl (C=O) groups excluding carboxylic acids is 1. The van der Waals surface area contributed by atoms with Crippen LogP contribution in [0.25, 0.3) is 0 Å². The van der Waals surface area contributed by atoms with Crippen LogP contribution < -0.4 is 11.1 Å². The molecule has 19 heavy (non-hydrogen) atoms. The predicted octanol–water partition coefficient (Wildman–Crippen LogP) is 0.829. The van der Waals surface area contributed by atoms with Crippen LogP contribution in [-0.2, 0) is 17.2 Å². The third-order valence-corrected chi connectivity index (χ3v) is 4.75. The summed E-state index contributed by atoms with van der Waals surface area (Å²) in [5, 5.41) is 3.01. The van der Waals surface area contributed by atoms with E-state index in [-0.39, 0.29) is 11.9 Å². The quantitative estimate of drug-likeness (QED) is 0.858. The van der Waals surface area contributed by atoms with Gasteiger partial charge >= 0.3 is 0 Å². The molecule has 5 heteroatoms. The van der Waals surface area contributed by atoms with E-state index in [1.54, 1.807) is 0 Å². The Morgan fingerprint density at radius 3 is 2.47 bits per heavy atom. The Hall–Kier alpha value is -1.20. The van der Waals surface area contributed by atoms with E-state index in [9.17, 15) is 9.00 Å². The number of rotatable bonds is 4. The monoisotopic (exact) mass is 280 g/mol. The van der Waals surface area contributed by atoms with Crippen LogP contribution in [0.2, 0.25) is 0 Å². The Morgan fingerprint density at radius 1 is 1.26 bits per heavy atom. The van der Waals surface area contributed by atoms with Crippen molar-refractivity contribution in [1.82, 2.24) is 5.32 Å². The molecule has 2 rings (SSSR count). The summed E-state index contributed by atoms with van der Waals surface area (Å²) in [5.41, 5.74) is 7.31. The first-order chi connectivity index (χ1) is 9.19. The van der Waals surface area contributed by atoms with E-state index in [0.29, 0.717) is 23.6 Å². The van der Waals surface area contributed by atoms with Crippen LogP contribution in [0.5, 0.6) is 0 Å². The fourth-order valence-corrected chi connectivity index (χ4v) is 3.50. The van der Waals surface area contributed by atoms with Gasteiger partial charge in [0.25, 0.3) is 5.91 Å². The molecule has 1 aromatic rings. The third kappa shape index (κ3) is 4.14. The average molecular weight is 280 g/mol. The maximum absolute atomic E-state index is 12.1. The minimum atomic E-state index is -0.689. The first kappa shape index (κ1) is 14.2. The van der Waals surface area contributed by atoms with E-state index in [1.165, 1.54) is 0 Å². The van der Waals surface area contributed by atoms with Gasteiger partial charge in [-0.05, 0) is 43.5 Å². The van der Waals surface area contributed by atoms with Crippen LogP contribution in [0.4, 0.5) is 0 Å². The highest BCUT2D eigenvalue weighted by atomic mass is 32.2. The molecule has 0 spiro atoms. The smallest absolute Gasteiger partial charge is 0.251 e. The summed E-state index contributed by atoms with van der Waals surface area (Å²) in [5.74, 6) is 1.35. The SMILES string of the molecule is NCCc1ccc(C(=O)NC2CCS(=O)CC2)cc1. The highest BCUT2D eigenvalue weighted by Gasteiger charge is 2.19. The normalized spacial score (nSPS) is 23.0. The van der Waals surface area contributed by atoms with Crippen molar-refractivity contribution in [2.24, 2.45) is 5.73 Å². The van der Waals surface area contributed by atoms with Gasteiger partial charge in [-0.1, -0.05) is 12.1 Å². The molecule has 0 aromatic heterocycles. The number of carbonyl (C=O) groups is 1. The Morgan fingerprint density at radius 2 is 1.89 bits per heavy atom. The zero-order valence-electron chi connectivity index (χ0n) is 10.9. The molecule has 1 aliphatic heterocycles.